The topological polar surface area (TPSA) is 55.7 Å². The van der Waals surface area contributed by atoms with Crippen molar-refractivity contribution >= 4 is 11.0 Å². The lowest BCUT2D eigenvalue weighted by Gasteiger charge is -2.38. The smallest absolute Gasteiger partial charge is 0.119 e. The maximum atomic E-state index is 5.52. The van der Waals surface area contributed by atoms with Gasteiger partial charge in [-0.05, 0) is 12.1 Å². The van der Waals surface area contributed by atoms with Gasteiger partial charge in [0.1, 0.15) is 11.7 Å². The van der Waals surface area contributed by atoms with E-state index in [1.54, 1.807) is 0 Å². The van der Waals surface area contributed by atoms with Crippen LogP contribution >= 0.6 is 0 Å². The van der Waals surface area contributed by atoms with Gasteiger partial charge in [0.15, 0.2) is 0 Å². The third kappa shape index (κ3) is 3.23. The van der Waals surface area contributed by atoms with Gasteiger partial charge in [-0.1, -0.05) is 17.3 Å². The Balaban J connectivity index is 1.63. The number of hydrogen-bond acceptors (Lipinski definition) is 6. The normalized spacial score (nSPS) is 22.4. The summed E-state index contributed by atoms with van der Waals surface area (Å²) < 4.78 is 13.1. The van der Waals surface area contributed by atoms with Gasteiger partial charge in [0.2, 0.25) is 0 Å². The number of fused-ring (bicyclic) bond motifs is 1. The fourth-order valence-corrected chi connectivity index (χ4v) is 3.34. The molecule has 2 saturated heterocycles. The second-order valence-electron chi connectivity index (χ2n) is 6.06. The molecule has 0 saturated carbocycles. The van der Waals surface area contributed by atoms with Gasteiger partial charge in [-0.3, -0.25) is 9.80 Å². The zero-order valence-electron chi connectivity index (χ0n) is 13.3. The van der Waals surface area contributed by atoms with Crippen LogP contribution in [0.5, 0.6) is 0 Å². The molecule has 4 rings (SSSR count). The molecule has 0 amide bonds. The molecular weight excluding hydrogens is 294 g/mol. The van der Waals surface area contributed by atoms with Gasteiger partial charge in [-0.25, -0.2) is 4.68 Å². The Morgan fingerprint density at radius 2 is 1.65 bits per heavy atom. The summed E-state index contributed by atoms with van der Waals surface area (Å²) in [6.45, 7) is 7.96. The van der Waals surface area contributed by atoms with E-state index < -0.39 is 0 Å². The van der Waals surface area contributed by atoms with Crippen molar-refractivity contribution < 1.29 is 9.47 Å². The van der Waals surface area contributed by atoms with Crippen molar-refractivity contribution in [2.24, 2.45) is 0 Å². The highest BCUT2D eigenvalue weighted by Gasteiger charge is 2.27. The highest BCUT2D eigenvalue weighted by atomic mass is 16.5. The van der Waals surface area contributed by atoms with E-state index in [0.717, 1.165) is 70.2 Å². The van der Waals surface area contributed by atoms with E-state index in [9.17, 15) is 0 Å². The van der Waals surface area contributed by atoms with Gasteiger partial charge < -0.3 is 9.47 Å². The molecule has 0 N–H and O–H groups in total. The molecular formula is C16H23N5O2. The maximum Gasteiger partial charge on any atom is 0.119 e. The standard InChI is InChI=1S/C16H23N5O2/c1-2-4-15-14(3-1)17-18-21(15)16(20-7-11-23-12-8-20)13-19-5-9-22-10-6-19/h1-4,16H,5-13H2. The zero-order valence-corrected chi connectivity index (χ0v) is 13.3. The quantitative estimate of drug-likeness (QED) is 0.823. The molecule has 7 heteroatoms. The van der Waals surface area contributed by atoms with Crippen molar-refractivity contribution in [2.75, 3.05) is 59.2 Å². The lowest BCUT2D eigenvalue weighted by molar-refractivity contribution is -0.0304. The van der Waals surface area contributed by atoms with E-state index in [2.05, 4.69) is 30.9 Å². The van der Waals surface area contributed by atoms with Crippen LogP contribution in [0.25, 0.3) is 11.0 Å². The molecule has 1 aromatic heterocycles. The summed E-state index contributed by atoms with van der Waals surface area (Å²) in [6, 6.07) is 8.17. The molecule has 0 spiro atoms. The van der Waals surface area contributed by atoms with Crippen molar-refractivity contribution in [1.29, 1.82) is 0 Å². The molecule has 1 aromatic carbocycles. The summed E-state index contributed by atoms with van der Waals surface area (Å²) in [7, 11) is 0. The maximum absolute atomic E-state index is 5.52. The molecule has 1 atom stereocenters. The van der Waals surface area contributed by atoms with Gasteiger partial charge in [0.25, 0.3) is 0 Å². The first-order valence-corrected chi connectivity index (χ1v) is 8.34. The zero-order chi connectivity index (χ0) is 15.5. The van der Waals surface area contributed by atoms with E-state index in [4.69, 9.17) is 9.47 Å². The van der Waals surface area contributed by atoms with Crippen LogP contribution in [-0.2, 0) is 9.47 Å². The lowest BCUT2D eigenvalue weighted by atomic mass is 10.2. The van der Waals surface area contributed by atoms with Crippen LogP contribution in [0, 0.1) is 0 Å². The minimum Gasteiger partial charge on any atom is -0.379 e. The van der Waals surface area contributed by atoms with Crippen LogP contribution in [0.1, 0.15) is 6.17 Å². The second-order valence-corrected chi connectivity index (χ2v) is 6.06. The molecule has 2 aliphatic rings. The van der Waals surface area contributed by atoms with Crippen molar-refractivity contribution in [3.8, 4) is 0 Å². The molecule has 0 bridgehead atoms. The van der Waals surface area contributed by atoms with Gasteiger partial charge in [-0.15, -0.1) is 5.10 Å². The first-order valence-electron chi connectivity index (χ1n) is 8.34. The fourth-order valence-electron chi connectivity index (χ4n) is 3.34. The van der Waals surface area contributed by atoms with Crippen molar-refractivity contribution in [3.05, 3.63) is 24.3 Å². The van der Waals surface area contributed by atoms with Crippen molar-refractivity contribution in [2.45, 2.75) is 6.17 Å². The Morgan fingerprint density at radius 1 is 0.957 bits per heavy atom. The third-order valence-corrected chi connectivity index (χ3v) is 4.65. The second kappa shape index (κ2) is 6.92. The number of hydrogen-bond donors (Lipinski definition) is 0. The largest absolute Gasteiger partial charge is 0.379 e. The summed E-state index contributed by atoms with van der Waals surface area (Å²) in [4.78, 5) is 4.92. The van der Waals surface area contributed by atoms with E-state index in [1.807, 2.05) is 18.2 Å². The van der Waals surface area contributed by atoms with E-state index in [-0.39, 0.29) is 6.17 Å². The van der Waals surface area contributed by atoms with E-state index in [1.165, 1.54) is 0 Å². The van der Waals surface area contributed by atoms with Crippen molar-refractivity contribution in [1.82, 2.24) is 24.8 Å². The SMILES string of the molecule is c1ccc2c(c1)nnn2C(CN1CCOCC1)N1CCOCC1. The number of rotatable bonds is 4. The summed E-state index contributed by atoms with van der Waals surface area (Å²) in [5.41, 5.74) is 2.05. The Labute approximate surface area is 135 Å². The molecule has 0 aliphatic carbocycles. The fraction of sp³-hybridized carbons (Fsp3) is 0.625. The molecule has 7 nitrogen and oxygen atoms in total. The number of morpholine rings is 2. The highest BCUT2D eigenvalue weighted by Crippen LogP contribution is 2.21. The first-order chi connectivity index (χ1) is 11.4. The van der Waals surface area contributed by atoms with E-state index in [0.29, 0.717) is 0 Å². The van der Waals surface area contributed by atoms with Crippen LogP contribution in [-0.4, -0.2) is 83.9 Å². The Kier molecular flexibility index (Phi) is 4.52. The molecule has 2 fully saturated rings. The molecule has 3 heterocycles. The van der Waals surface area contributed by atoms with E-state index >= 15 is 0 Å². The number of ether oxygens (including phenoxy) is 2. The van der Waals surface area contributed by atoms with Crippen LogP contribution in [0.15, 0.2) is 24.3 Å². The van der Waals surface area contributed by atoms with Gasteiger partial charge in [0, 0.05) is 32.7 Å². The molecule has 2 aliphatic heterocycles. The minimum atomic E-state index is 0.185. The van der Waals surface area contributed by atoms with Gasteiger partial charge >= 0.3 is 0 Å². The highest BCUT2D eigenvalue weighted by molar-refractivity contribution is 5.73. The van der Waals surface area contributed by atoms with Gasteiger partial charge in [0.05, 0.1) is 31.9 Å². The molecule has 23 heavy (non-hydrogen) atoms. The number of nitrogens with zero attached hydrogens (tertiary/aromatic N) is 5. The predicted molar refractivity (Wildman–Crippen MR) is 86.2 cm³/mol. The van der Waals surface area contributed by atoms with Crippen LogP contribution in [0.4, 0.5) is 0 Å². The summed E-state index contributed by atoms with van der Waals surface area (Å²) in [6.07, 6.45) is 0.185. The summed E-state index contributed by atoms with van der Waals surface area (Å²) >= 11 is 0. The Hall–Kier alpha value is -1.54. The molecule has 1 unspecified atom stereocenters. The molecule has 2 aromatic rings. The number of benzene rings is 1. The summed E-state index contributed by atoms with van der Waals surface area (Å²) in [5, 5.41) is 8.80. The Bertz CT molecular complexity index is 634. The third-order valence-electron chi connectivity index (χ3n) is 4.65. The average Bonchev–Trinajstić information content (AvgIpc) is 3.05. The average molecular weight is 317 g/mol. The Morgan fingerprint density at radius 3 is 2.43 bits per heavy atom. The predicted octanol–water partition coefficient (Wildman–Crippen LogP) is 0.594. The van der Waals surface area contributed by atoms with Crippen LogP contribution in [0.2, 0.25) is 0 Å². The number of para-hydroxylation sites is 1. The summed E-state index contributed by atoms with van der Waals surface area (Å²) in [5.74, 6) is 0. The first kappa shape index (κ1) is 15.0. The molecule has 0 radical (unpaired) electrons. The minimum absolute atomic E-state index is 0.185. The monoisotopic (exact) mass is 317 g/mol. The van der Waals surface area contributed by atoms with Crippen molar-refractivity contribution in [3.63, 3.8) is 0 Å². The molecule has 124 valence electrons. The van der Waals surface area contributed by atoms with Crippen LogP contribution in [0.3, 0.4) is 0 Å². The number of aromatic nitrogens is 3. The van der Waals surface area contributed by atoms with Gasteiger partial charge in [-0.2, -0.15) is 0 Å². The lowest BCUT2D eigenvalue weighted by Crippen LogP contribution is -2.48. The van der Waals surface area contributed by atoms with Crippen LogP contribution < -0.4 is 0 Å².